The standard InChI is InChI=1S/C16H28N6/c1-19-12-7-9-22(10-8-12)15-13(11-5-3-2-4-6-11)14(17)20-16(18)21-15/h11-12,19H,2-10H2,1H3,(H4,17,18,20,21). The molecule has 6 heteroatoms. The molecule has 0 atom stereocenters. The van der Waals surface area contributed by atoms with Crippen LogP contribution in [0.15, 0.2) is 0 Å². The molecule has 2 aliphatic rings. The molecule has 0 radical (unpaired) electrons. The van der Waals surface area contributed by atoms with Crippen LogP contribution in [0.2, 0.25) is 0 Å². The first-order chi connectivity index (χ1) is 10.7. The lowest BCUT2D eigenvalue weighted by Crippen LogP contribution is -2.42. The summed E-state index contributed by atoms with van der Waals surface area (Å²) >= 11 is 0. The van der Waals surface area contributed by atoms with Gasteiger partial charge in [-0.15, -0.1) is 0 Å². The maximum Gasteiger partial charge on any atom is 0.223 e. The number of rotatable bonds is 3. The number of nitrogens with one attached hydrogen (secondary N) is 1. The minimum atomic E-state index is 0.294. The monoisotopic (exact) mass is 304 g/mol. The van der Waals surface area contributed by atoms with E-state index in [9.17, 15) is 0 Å². The zero-order valence-corrected chi connectivity index (χ0v) is 13.5. The number of aromatic nitrogens is 2. The quantitative estimate of drug-likeness (QED) is 0.789. The van der Waals surface area contributed by atoms with E-state index in [1.165, 1.54) is 32.1 Å². The second kappa shape index (κ2) is 6.69. The van der Waals surface area contributed by atoms with Gasteiger partial charge in [0.15, 0.2) is 0 Å². The topological polar surface area (TPSA) is 93.1 Å². The molecule has 0 unspecified atom stereocenters. The Morgan fingerprint density at radius 3 is 2.32 bits per heavy atom. The Balaban J connectivity index is 1.88. The first kappa shape index (κ1) is 15.3. The summed E-state index contributed by atoms with van der Waals surface area (Å²) in [6.45, 7) is 2.00. The minimum absolute atomic E-state index is 0.294. The van der Waals surface area contributed by atoms with E-state index in [2.05, 4.69) is 20.2 Å². The molecule has 122 valence electrons. The lowest BCUT2D eigenvalue weighted by atomic mass is 9.84. The van der Waals surface area contributed by atoms with Crippen molar-refractivity contribution in [3.63, 3.8) is 0 Å². The van der Waals surface area contributed by atoms with Crippen LogP contribution < -0.4 is 21.7 Å². The second-order valence-corrected chi connectivity index (χ2v) is 6.59. The number of hydrogen-bond donors (Lipinski definition) is 3. The van der Waals surface area contributed by atoms with Crippen molar-refractivity contribution in [3.8, 4) is 0 Å². The summed E-state index contributed by atoms with van der Waals surface area (Å²) in [5.41, 5.74) is 13.3. The van der Waals surface area contributed by atoms with Crippen molar-refractivity contribution < 1.29 is 0 Å². The van der Waals surface area contributed by atoms with Gasteiger partial charge < -0.3 is 21.7 Å². The van der Waals surface area contributed by atoms with E-state index in [1.807, 2.05) is 7.05 Å². The van der Waals surface area contributed by atoms with Crippen molar-refractivity contribution in [2.45, 2.75) is 56.9 Å². The third-order valence-electron chi connectivity index (χ3n) is 5.19. The maximum atomic E-state index is 6.24. The Labute approximate surface area is 132 Å². The van der Waals surface area contributed by atoms with Gasteiger partial charge in [-0.25, -0.2) is 0 Å². The van der Waals surface area contributed by atoms with Crippen LogP contribution in [0, 0.1) is 0 Å². The smallest absolute Gasteiger partial charge is 0.223 e. The molecule has 2 fully saturated rings. The number of nitrogens with two attached hydrogens (primary N) is 2. The highest BCUT2D eigenvalue weighted by Crippen LogP contribution is 2.40. The van der Waals surface area contributed by atoms with Crippen LogP contribution in [0.3, 0.4) is 0 Å². The van der Waals surface area contributed by atoms with Crippen molar-refractivity contribution in [2.75, 3.05) is 36.5 Å². The molecule has 1 aromatic heterocycles. The van der Waals surface area contributed by atoms with Gasteiger partial charge in [0.2, 0.25) is 5.95 Å². The van der Waals surface area contributed by atoms with Crippen LogP contribution in [0.1, 0.15) is 56.4 Å². The summed E-state index contributed by atoms with van der Waals surface area (Å²) < 4.78 is 0. The van der Waals surface area contributed by atoms with E-state index in [1.54, 1.807) is 0 Å². The fraction of sp³-hybridized carbons (Fsp3) is 0.750. The van der Waals surface area contributed by atoms with Crippen molar-refractivity contribution in [1.82, 2.24) is 15.3 Å². The molecular formula is C16H28N6. The van der Waals surface area contributed by atoms with Gasteiger partial charge in [0, 0.05) is 24.7 Å². The van der Waals surface area contributed by atoms with E-state index >= 15 is 0 Å². The largest absolute Gasteiger partial charge is 0.383 e. The molecule has 1 aliphatic carbocycles. The van der Waals surface area contributed by atoms with Crippen LogP contribution >= 0.6 is 0 Å². The van der Waals surface area contributed by atoms with E-state index in [4.69, 9.17) is 11.5 Å². The third-order valence-corrected chi connectivity index (χ3v) is 5.19. The lowest BCUT2D eigenvalue weighted by molar-refractivity contribution is 0.429. The van der Waals surface area contributed by atoms with Crippen molar-refractivity contribution in [3.05, 3.63) is 5.56 Å². The highest BCUT2D eigenvalue weighted by atomic mass is 15.2. The molecule has 1 aromatic rings. The second-order valence-electron chi connectivity index (χ2n) is 6.59. The first-order valence-corrected chi connectivity index (χ1v) is 8.54. The number of piperidine rings is 1. The predicted molar refractivity (Wildman–Crippen MR) is 91.0 cm³/mol. The summed E-state index contributed by atoms with van der Waals surface area (Å²) in [6, 6.07) is 0.603. The molecule has 1 saturated carbocycles. The van der Waals surface area contributed by atoms with Crippen molar-refractivity contribution >= 4 is 17.6 Å². The first-order valence-electron chi connectivity index (χ1n) is 8.54. The zero-order valence-electron chi connectivity index (χ0n) is 13.5. The Bertz CT molecular complexity index is 504. The van der Waals surface area contributed by atoms with Gasteiger partial charge in [0.1, 0.15) is 11.6 Å². The lowest BCUT2D eigenvalue weighted by Gasteiger charge is -2.35. The molecular weight excluding hydrogens is 276 g/mol. The fourth-order valence-electron chi connectivity index (χ4n) is 3.90. The van der Waals surface area contributed by atoms with Gasteiger partial charge in [-0.3, -0.25) is 0 Å². The maximum absolute atomic E-state index is 6.24. The van der Waals surface area contributed by atoms with Crippen LogP contribution in [-0.2, 0) is 0 Å². The molecule has 0 aromatic carbocycles. The predicted octanol–water partition coefficient (Wildman–Crippen LogP) is 1.88. The molecule has 3 rings (SSSR count). The average molecular weight is 304 g/mol. The van der Waals surface area contributed by atoms with Gasteiger partial charge in [-0.05, 0) is 38.6 Å². The van der Waals surface area contributed by atoms with E-state index in [0.717, 1.165) is 37.3 Å². The number of hydrogen-bond acceptors (Lipinski definition) is 6. The van der Waals surface area contributed by atoms with Crippen LogP contribution in [0.5, 0.6) is 0 Å². The Morgan fingerprint density at radius 2 is 1.68 bits per heavy atom. The van der Waals surface area contributed by atoms with Gasteiger partial charge >= 0.3 is 0 Å². The van der Waals surface area contributed by atoms with Gasteiger partial charge in [-0.1, -0.05) is 19.3 Å². The van der Waals surface area contributed by atoms with Crippen molar-refractivity contribution in [2.24, 2.45) is 0 Å². The normalized spacial score (nSPS) is 21.2. The average Bonchev–Trinajstić information content (AvgIpc) is 2.55. The Kier molecular flexibility index (Phi) is 4.66. The molecule has 0 spiro atoms. The SMILES string of the molecule is CNC1CCN(c2nc(N)nc(N)c2C2CCCCC2)CC1. The fourth-order valence-corrected chi connectivity index (χ4v) is 3.90. The summed E-state index contributed by atoms with van der Waals surface area (Å²) in [6.07, 6.45) is 8.52. The van der Waals surface area contributed by atoms with Gasteiger partial charge in [0.05, 0.1) is 0 Å². The van der Waals surface area contributed by atoms with Crippen molar-refractivity contribution in [1.29, 1.82) is 0 Å². The molecule has 0 bridgehead atoms. The van der Waals surface area contributed by atoms with Crippen LogP contribution in [0.25, 0.3) is 0 Å². The van der Waals surface area contributed by atoms with E-state index in [0.29, 0.717) is 23.7 Å². The zero-order chi connectivity index (χ0) is 15.5. The summed E-state index contributed by atoms with van der Waals surface area (Å²) in [4.78, 5) is 11.2. The number of nitrogen functional groups attached to an aromatic ring is 2. The minimum Gasteiger partial charge on any atom is -0.383 e. The molecule has 22 heavy (non-hydrogen) atoms. The summed E-state index contributed by atoms with van der Waals surface area (Å²) in [5.74, 6) is 2.37. The molecule has 1 aliphatic heterocycles. The molecule has 6 nitrogen and oxygen atoms in total. The highest BCUT2D eigenvalue weighted by molar-refractivity contribution is 5.61. The number of nitrogens with zero attached hydrogens (tertiary/aromatic N) is 3. The Hall–Kier alpha value is -1.56. The van der Waals surface area contributed by atoms with Gasteiger partial charge in [-0.2, -0.15) is 9.97 Å². The Morgan fingerprint density at radius 1 is 1.00 bits per heavy atom. The van der Waals surface area contributed by atoms with Crippen LogP contribution in [-0.4, -0.2) is 36.1 Å². The molecule has 2 heterocycles. The van der Waals surface area contributed by atoms with E-state index in [-0.39, 0.29) is 0 Å². The molecule has 5 N–H and O–H groups in total. The van der Waals surface area contributed by atoms with Gasteiger partial charge in [0.25, 0.3) is 0 Å². The number of anilines is 3. The van der Waals surface area contributed by atoms with Crippen LogP contribution in [0.4, 0.5) is 17.6 Å². The highest BCUT2D eigenvalue weighted by Gasteiger charge is 2.28. The van der Waals surface area contributed by atoms with E-state index < -0.39 is 0 Å². The molecule has 0 amide bonds. The summed E-state index contributed by atoms with van der Waals surface area (Å²) in [5, 5.41) is 3.37. The summed E-state index contributed by atoms with van der Waals surface area (Å²) in [7, 11) is 2.04. The molecule has 1 saturated heterocycles. The third kappa shape index (κ3) is 3.11.